The summed E-state index contributed by atoms with van der Waals surface area (Å²) < 4.78 is 5.16. The van der Waals surface area contributed by atoms with Crippen molar-refractivity contribution in [3.05, 3.63) is 75.9 Å². The van der Waals surface area contributed by atoms with Crippen molar-refractivity contribution in [1.29, 1.82) is 0 Å². The number of likely N-dealkylation sites (tertiary alicyclic amines) is 1. The third-order valence-electron chi connectivity index (χ3n) is 5.95. The van der Waals surface area contributed by atoms with E-state index >= 15 is 0 Å². The summed E-state index contributed by atoms with van der Waals surface area (Å²) in [6, 6.07) is 12.8. The Labute approximate surface area is 184 Å². The van der Waals surface area contributed by atoms with Crippen LogP contribution in [-0.4, -0.2) is 42.0 Å². The summed E-state index contributed by atoms with van der Waals surface area (Å²) in [5, 5.41) is 11.1. The lowest BCUT2D eigenvalue weighted by atomic mass is 9.85. The highest BCUT2D eigenvalue weighted by Gasteiger charge is 2.45. The highest BCUT2D eigenvalue weighted by molar-refractivity contribution is 6.46. The summed E-state index contributed by atoms with van der Waals surface area (Å²) in [5.41, 5.74) is 4.66. The van der Waals surface area contributed by atoms with Crippen LogP contribution >= 0.6 is 0 Å². The van der Waals surface area contributed by atoms with E-state index in [-0.39, 0.29) is 23.3 Å². The largest absolute Gasteiger partial charge is 0.507 e. The van der Waals surface area contributed by atoms with E-state index in [4.69, 9.17) is 4.74 Å². The van der Waals surface area contributed by atoms with Crippen molar-refractivity contribution in [3.63, 3.8) is 0 Å². The Bertz CT molecular complexity index is 1030. The molecule has 1 heterocycles. The van der Waals surface area contributed by atoms with Crippen molar-refractivity contribution in [2.75, 3.05) is 20.3 Å². The molecule has 2 aromatic carbocycles. The standard InChI is InChI=1S/C26H31NO4/c1-16-7-8-19(15-17(16)2)23(28)21-22(27(13-14-31-6)25(30)24(21)29)18-9-11-20(12-10-18)26(3,4)5/h7-12,15,22,28H,13-14H2,1-6H3/b23-21-. The van der Waals surface area contributed by atoms with Gasteiger partial charge in [-0.25, -0.2) is 0 Å². The summed E-state index contributed by atoms with van der Waals surface area (Å²) >= 11 is 0. The van der Waals surface area contributed by atoms with Crippen molar-refractivity contribution in [3.8, 4) is 0 Å². The number of ether oxygens (including phenoxy) is 1. The van der Waals surface area contributed by atoms with E-state index in [9.17, 15) is 14.7 Å². The van der Waals surface area contributed by atoms with Crippen LogP contribution in [0.25, 0.3) is 5.76 Å². The fraction of sp³-hybridized carbons (Fsp3) is 0.385. The van der Waals surface area contributed by atoms with Gasteiger partial charge in [-0.05, 0) is 47.6 Å². The van der Waals surface area contributed by atoms with Crippen molar-refractivity contribution in [2.45, 2.75) is 46.1 Å². The van der Waals surface area contributed by atoms with Gasteiger partial charge in [-0.15, -0.1) is 0 Å². The second kappa shape index (κ2) is 8.67. The lowest BCUT2D eigenvalue weighted by Crippen LogP contribution is -2.32. The Morgan fingerprint density at radius 3 is 2.23 bits per heavy atom. The lowest BCUT2D eigenvalue weighted by molar-refractivity contribution is -0.140. The number of aliphatic hydroxyl groups is 1. The SMILES string of the molecule is COCCN1C(=O)C(=O)/C(=C(\O)c2ccc(C)c(C)c2)C1c1ccc(C(C)(C)C)cc1. The van der Waals surface area contributed by atoms with Crippen molar-refractivity contribution < 1.29 is 19.4 Å². The zero-order valence-corrected chi connectivity index (χ0v) is 19.2. The first-order valence-corrected chi connectivity index (χ1v) is 10.5. The smallest absolute Gasteiger partial charge is 0.295 e. The molecule has 3 rings (SSSR count). The van der Waals surface area contributed by atoms with Crippen molar-refractivity contribution >= 4 is 17.4 Å². The number of amides is 1. The Morgan fingerprint density at radius 2 is 1.68 bits per heavy atom. The van der Waals surface area contributed by atoms with Gasteiger partial charge in [0.2, 0.25) is 0 Å². The van der Waals surface area contributed by atoms with Crippen LogP contribution in [0.3, 0.4) is 0 Å². The number of aliphatic hydroxyl groups excluding tert-OH is 1. The number of ketones is 1. The minimum Gasteiger partial charge on any atom is -0.507 e. The van der Waals surface area contributed by atoms with E-state index in [2.05, 4.69) is 20.8 Å². The van der Waals surface area contributed by atoms with Gasteiger partial charge in [0, 0.05) is 19.2 Å². The minimum atomic E-state index is -0.670. The molecule has 2 aromatic rings. The van der Waals surface area contributed by atoms with Gasteiger partial charge in [0.05, 0.1) is 18.2 Å². The number of nitrogens with zero attached hydrogens (tertiary/aromatic N) is 1. The number of benzene rings is 2. The molecule has 1 N–H and O–H groups in total. The lowest BCUT2D eigenvalue weighted by Gasteiger charge is -2.26. The van der Waals surface area contributed by atoms with Crippen LogP contribution < -0.4 is 0 Å². The molecule has 0 spiro atoms. The van der Waals surface area contributed by atoms with Crippen LogP contribution in [0.1, 0.15) is 54.6 Å². The van der Waals surface area contributed by atoms with E-state index in [1.54, 1.807) is 13.2 Å². The van der Waals surface area contributed by atoms with E-state index in [0.717, 1.165) is 22.3 Å². The number of Topliss-reactive ketones (excluding diaryl/α,β-unsaturated/α-hetero) is 1. The monoisotopic (exact) mass is 421 g/mol. The molecule has 0 aromatic heterocycles. The van der Waals surface area contributed by atoms with Crippen LogP contribution in [0.5, 0.6) is 0 Å². The number of methoxy groups -OCH3 is 1. The van der Waals surface area contributed by atoms with Crippen LogP contribution in [0.15, 0.2) is 48.0 Å². The molecule has 1 amide bonds. The highest BCUT2D eigenvalue weighted by Crippen LogP contribution is 2.40. The van der Waals surface area contributed by atoms with Gasteiger partial charge < -0.3 is 14.7 Å². The molecule has 1 unspecified atom stereocenters. The molecule has 1 atom stereocenters. The normalized spacial score (nSPS) is 18.6. The predicted molar refractivity (Wildman–Crippen MR) is 122 cm³/mol. The molecule has 1 aliphatic rings. The summed E-state index contributed by atoms with van der Waals surface area (Å²) in [6.45, 7) is 10.9. The molecule has 31 heavy (non-hydrogen) atoms. The van der Waals surface area contributed by atoms with Crippen molar-refractivity contribution in [1.82, 2.24) is 4.90 Å². The maximum absolute atomic E-state index is 13.0. The molecule has 5 nitrogen and oxygen atoms in total. The number of aryl methyl sites for hydroxylation is 2. The highest BCUT2D eigenvalue weighted by atomic mass is 16.5. The predicted octanol–water partition coefficient (Wildman–Crippen LogP) is 4.67. The number of hydrogen-bond acceptors (Lipinski definition) is 4. The Hall–Kier alpha value is -2.92. The second-order valence-corrected chi connectivity index (χ2v) is 9.16. The fourth-order valence-electron chi connectivity index (χ4n) is 3.86. The first-order chi connectivity index (χ1) is 14.6. The molecule has 1 fully saturated rings. The van der Waals surface area contributed by atoms with E-state index in [1.807, 2.05) is 50.2 Å². The Morgan fingerprint density at radius 1 is 1.03 bits per heavy atom. The second-order valence-electron chi connectivity index (χ2n) is 9.16. The first-order valence-electron chi connectivity index (χ1n) is 10.5. The van der Waals surface area contributed by atoms with Gasteiger partial charge in [0.15, 0.2) is 0 Å². The molecule has 0 bridgehead atoms. The van der Waals surface area contributed by atoms with E-state index < -0.39 is 17.7 Å². The molecular formula is C26H31NO4. The van der Waals surface area contributed by atoms with E-state index in [0.29, 0.717) is 12.2 Å². The van der Waals surface area contributed by atoms with Crippen LogP contribution in [0.4, 0.5) is 0 Å². The van der Waals surface area contributed by atoms with Gasteiger partial charge in [0.25, 0.3) is 11.7 Å². The van der Waals surface area contributed by atoms with Gasteiger partial charge in [0.1, 0.15) is 5.76 Å². The molecule has 5 heteroatoms. The number of carbonyl (C=O) groups is 2. The molecule has 164 valence electrons. The molecule has 0 aliphatic carbocycles. The molecule has 0 saturated carbocycles. The average Bonchev–Trinajstić information content (AvgIpc) is 2.97. The maximum atomic E-state index is 13.0. The minimum absolute atomic E-state index is 0.0180. The number of rotatable bonds is 5. The third kappa shape index (κ3) is 4.42. The topological polar surface area (TPSA) is 66.8 Å². The van der Waals surface area contributed by atoms with Gasteiger partial charge in [-0.1, -0.05) is 57.2 Å². The molecule has 1 aliphatic heterocycles. The molecule has 0 radical (unpaired) electrons. The maximum Gasteiger partial charge on any atom is 0.295 e. The Kier molecular flexibility index (Phi) is 6.37. The van der Waals surface area contributed by atoms with Crippen LogP contribution in [0, 0.1) is 13.8 Å². The molecular weight excluding hydrogens is 390 g/mol. The van der Waals surface area contributed by atoms with E-state index in [1.165, 1.54) is 4.90 Å². The fourth-order valence-corrected chi connectivity index (χ4v) is 3.86. The number of carbonyl (C=O) groups excluding carboxylic acids is 2. The first kappa shape index (κ1) is 22.8. The van der Waals surface area contributed by atoms with Crippen LogP contribution in [0.2, 0.25) is 0 Å². The molecule has 1 saturated heterocycles. The summed E-state index contributed by atoms with van der Waals surface area (Å²) in [6.07, 6.45) is 0. The van der Waals surface area contributed by atoms with Gasteiger partial charge >= 0.3 is 0 Å². The quantitative estimate of drug-likeness (QED) is 0.433. The third-order valence-corrected chi connectivity index (χ3v) is 5.95. The zero-order chi connectivity index (χ0) is 22.9. The van der Waals surface area contributed by atoms with Crippen LogP contribution in [-0.2, 0) is 19.7 Å². The Balaban J connectivity index is 2.16. The number of hydrogen-bond donors (Lipinski definition) is 1. The van der Waals surface area contributed by atoms with Crippen molar-refractivity contribution in [2.24, 2.45) is 0 Å². The average molecular weight is 422 g/mol. The van der Waals surface area contributed by atoms with Gasteiger partial charge in [-0.2, -0.15) is 0 Å². The summed E-state index contributed by atoms with van der Waals surface area (Å²) in [7, 11) is 1.55. The summed E-state index contributed by atoms with van der Waals surface area (Å²) in [4.78, 5) is 27.4. The zero-order valence-electron chi connectivity index (χ0n) is 19.2. The summed E-state index contributed by atoms with van der Waals surface area (Å²) in [5.74, 6) is -1.43. The van der Waals surface area contributed by atoms with Gasteiger partial charge in [-0.3, -0.25) is 9.59 Å².